The normalized spacial score (nSPS) is 13.1. The molecule has 1 aromatic carbocycles. The molecule has 6 heteroatoms. The van der Waals surface area contributed by atoms with E-state index in [0.29, 0.717) is 12.1 Å². The third-order valence-corrected chi connectivity index (χ3v) is 2.95. The van der Waals surface area contributed by atoms with Gasteiger partial charge in [-0.1, -0.05) is 40.5 Å². The molecule has 0 bridgehead atoms. The molecule has 0 aliphatic heterocycles. The quantitative estimate of drug-likeness (QED) is 0.338. The number of amidine groups is 1. The van der Waals surface area contributed by atoms with Crippen LogP contribution in [0.2, 0.25) is 0 Å². The lowest BCUT2D eigenvalue weighted by Crippen LogP contribution is -2.34. The van der Waals surface area contributed by atoms with Crippen molar-refractivity contribution in [2.75, 3.05) is 5.32 Å². The number of nitrogens with zero attached hydrogens (tertiary/aromatic N) is 1. The van der Waals surface area contributed by atoms with Gasteiger partial charge in [0, 0.05) is 10.2 Å². The maximum Gasteiger partial charge on any atom is 0.235 e. The van der Waals surface area contributed by atoms with Crippen molar-refractivity contribution in [1.29, 1.82) is 0 Å². The molecule has 0 spiro atoms. The number of anilines is 1. The molecule has 18 heavy (non-hydrogen) atoms. The number of amides is 1. The van der Waals surface area contributed by atoms with Crippen LogP contribution in [0.1, 0.15) is 19.8 Å². The van der Waals surface area contributed by atoms with Crippen LogP contribution in [0, 0.1) is 5.92 Å². The summed E-state index contributed by atoms with van der Waals surface area (Å²) in [7, 11) is 0. The summed E-state index contributed by atoms with van der Waals surface area (Å²) in [6.07, 6.45) is 1.31. The highest BCUT2D eigenvalue weighted by Gasteiger charge is 2.22. The average molecular weight is 314 g/mol. The molecule has 0 aliphatic carbocycles. The Bertz CT molecular complexity index is 449. The monoisotopic (exact) mass is 313 g/mol. The molecule has 1 aromatic rings. The summed E-state index contributed by atoms with van der Waals surface area (Å²) in [4.78, 5) is 12.0. The van der Waals surface area contributed by atoms with E-state index < -0.39 is 5.92 Å². The van der Waals surface area contributed by atoms with Gasteiger partial charge in [0.05, 0.1) is 5.92 Å². The molecular weight excluding hydrogens is 298 g/mol. The molecule has 1 rings (SSSR count). The number of hydrogen-bond donors (Lipinski definition) is 3. The van der Waals surface area contributed by atoms with Gasteiger partial charge in [-0.2, -0.15) is 0 Å². The molecule has 1 unspecified atom stereocenters. The molecular formula is C12H16BrN3O2. The molecule has 0 fully saturated rings. The number of halogens is 1. The maximum atomic E-state index is 12.0. The van der Waals surface area contributed by atoms with Crippen molar-refractivity contribution < 1.29 is 10.0 Å². The van der Waals surface area contributed by atoms with E-state index in [4.69, 9.17) is 10.9 Å². The first kappa shape index (κ1) is 14.5. The fourth-order valence-corrected chi connectivity index (χ4v) is 1.97. The second-order valence-electron chi connectivity index (χ2n) is 3.87. The minimum Gasteiger partial charge on any atom is -0.409 e. The van der Waals surface area contributed by atoms with Crippen molar-refractivity contribution in [3.05, 3.63) is 28.7 Å². The number of oxime groups is 1. The highest BCUT2D eigenvalue weighted by Crippen LogP contribution is 2.17. The van der Waals surface area contributed by atoms with Crippen LogP contribution in [0.3, 0.4) is 0 Å². The first-order valence-electron chi connectivity index (χ1n) is 5.62. The van der Waals surface area contributed by atoms with E-state index in [2.05, 4.69) is 26.4 Å². The largest absolute Gasteiger partial charge is 0.409 e. The lowest BCUT2D eigenvalue weighted by atomic mass is 10.0. The first-order valence-corrected chi connectivity index (χ1v) is 6.41. The summed E-state index contributed by atoms with van der Waals surface area (Å²) in [5.74, 6) is -0.950. The summed E-state index contributed by atoms with van der Waals surface area (Å²) < 4.78 is 0.871. The molecule has 0 heterocycles. The van der Waals surface area contributed by atoms with Crippen molar-refractivity contribution in [3.63, 3.8) is 0 Å². The van der Waals surface area contributed by atoms with Crippen LogP contribution in [-0.2, 0) is 4.79 Å². The van der Waals surface area contributed by atoms with Crippen molar-refractivity contribution in [2.45, 2.75) is 19.8 Å². The molecule has 4 N–H and O–H groups in total. The van der Waals surface area contributed by atoms with Gasteiger partial charge in [-0.3, -0.25) is 4.79 Å². The second kappa shape index (κ2) is 7.00. The summed E-state index contributed by atoms with van der Waals surface area (Å²) in [5.41, 5.74) is 6.19. The van der Waals surface area contributed by atoms with E-state index in [1.807, 2.05) is 19.1 Å². The predicted molar refractivity (Wildman–Crippen MR) is 74.6 cm³/mol. The number of nitrogens with two attached hydrogens (primary N) is 1. The van der Waals surface area contributed by atoms with Crippen LogP contribution in [0.15, 0.2) is 33.9 Å². The summed E-state index contributed by atoms with van der Waals surface area (Å²) >= 11 is 3.32. The number of nitrogens with one attached hydrogen (secondary N) is 1. The van der Waals surface area contributed by atoms with E-state index >= 15 is 0 Å². The number of carbonyl (C=O) groups is 1. The van der Waals surface area contributed by atoms with Crippen molar-refractivity contribution in [1.82, 2.24) is 0 Å². The average Bonchev–Trinajstić information content (AvgIpc) is 2.35. The zero-order chi connectivity index (χ0) is 13.5. The molecule has 0 aliphatic rings. The molecule has 0 saturated carbocycles. The molecule has 0 aromatic heterocycles. The van der Waals surface area contributed by atoms with Crippen molar-refractivity contribution in [3.8, 4) is 0 Å². The van der Waals surface area contributed by atoms with Gasteiger partial charge >= 0.3 is 0 Å². The molecule has 98 valence electrons. The number of hydrogen-bond acceptors (Lipinski definition) is 3. The van der Waals surface area contributed by atoms with E-state index in [1.165, 1.54) is 0 Å². The third-order valence-electron chi connectivity index (χ3n) is 2.46. The Morgan fingerprint density at radius 2 is 2.33 bits per heavy atom. The Balaban J connectivity index is 2.79. The molecule has 0 radical (unpaired) electrons. The Kier molecular flexibility index (Phi) is 5.64. The maximum absolute atomic E-state index is 12.0. The van der Waals surface area contributed by atoms with E-state index in [0.717, 1.165) is 10.9 Å². The van der Waals surface area contributed by atoms with E-state index in [-0.39, 0.29) is 11.7 Å². The zero-order valence-corrected chi connectivity index (χ0v) is 11.6. The van der Waals surface area contributed by atoms with Crippen LogP contribution in [0.4, 0.5) is 5.69 Å². The van der Waals surface area contributed by atoms with Crippen LogP contribution in [0.25, 0.3) is 0 Å². The third kappa shape index (κ3) is 4.03. The SMILES string of the molecule is CCCC(C(=O)Nc1cccc(Br)c1)/C(N)=N/O. The smallest absolute Gasteiger partial charge is 0.235 e. The second-order valence-corrected chi connectivity index (χ2v) is 4.78. The summed E-state index contributed by atoms with van der Waals surface area (Å²) in [5, 5.41) is 14.3. The fraction of sp³-hybridized carbons (Fsp3) is 0.333. The predicted octanol–water partition coefficient (Wildman–Crippen LogP) is 2.55. The Labute approximate surface area is 114 Å². The summed E-state index contributed by atoms with van der Waals surface area (Å²) in [6.45, 7) is 1.93. The topological polar surface area (TPSA) is 87.7 Å². The number of rotatable bonds is 5. The van der Waals surface area contributed by atoms with Gasteiger partial charge < -0.3 is 16.3 Å². The Morgan fingerprint density at radius 3 is 2.89 bits per heavy atom. The Hall–Kier alpha value is -1.56. The van der Waals surface area contributed by atoms with Gasteiger partial charge in [0.2, 0.25) is 5.91 Å². The van der Waals surface area contributed by atoms with Crippen LogP contribution < -0.4 is 11.1 Å². The molecule has 5 nitrogen and oxygen atoms in total. The van der Waals surface area contributed by atoms with Crippen molar-refractivity contribution in [2.24, 2.45) is 16.8 Å². The van der Waals surface area contributed by atoms with E-state index in [1.54, 1.807) is 12.1 Å². The van der Waals surface area contributed by atoms with Crippen LogP contribution >= 0.6 is 15.9 Å². The minimum atomic E-state index is -0.612. The standard InChI is InChI=1S/C12H16BrN3O2/c1-2-4-10(11(14)16-18)12(17)15-9-6-3-5-8(13)7-9/h3,5-7,10,18H,2,4H2,1H3,(H2,14,16)(H,15,17). The van der Waals surface area contributed by atoms with Gasteiger partial charge in [0.15, 0.2) is 5.84 Å². The highest BCUT2D eigenvalue weighted by molar-refractivity contribution is 9.10. The van der Waals surface area contributed by atoms with Gasteiger partial charge in [-0.25, -0.2) is 0 Å². The van der Waals surface area contributed by atoms with Gasteiger partial charge in [-0.05, 0) is 24.6 Å². The fourth-order valence-electron chi connectivity index (χ4n) is 1.57. The van der Waals surface area contributed by atoms with Crippen LogP contribution in [0.5, 0.6) is 0 Å². The van der Waals surface area contributed by atoms with Crippen LogP contribution in [-0.4, -0.2) is 17.0 Å². The Morgan fingerprint density at radius 1 is 1.61 bits per heavy atom. The number of benzene rings is 1. The minimum absolute atomic E-state index is 0.0654. The van der Waals surface area contributed by atoms with Gasteiger partial charge in [0.1, 0.15) is 0 Å². The van der Waals surface area contributed by atoms with Gasteiger partial charge in [0.25, 0.3) is 0 Å². The molecule has 0 saturated heterocycles. The first-order chi connectivity index (χ1) is 8.58. The van der Waals surface area contributed by atoms with Gasteiger partial charge in [-0.15, -0.1) is 0 Å². The summed E-state index contributed by atoms with van der Waals surface area (Å²) in [6, 6.07) is 7.24. The molecule has 1 atom stereocenters. The zero-order valence-electron chi connectivity index (χ0n) is 10.1. The number of carbonyl (C=O) groups excluding carboxylic acids is 1. The van der Waals surface area contributed by atoms with E-state index in [9.17, 15) is 4.79 Å². The lowest BCUT2D eigenvalue weighted by Gasteiger charge is -2.14. The lowest BCUT2D eigenvalue weighted by molar-refractivity contribution is -0.118. The van der Waals surface area contributed by atoms with Crippen molar-refractivity contribution >= 4 is 33.4 Å². The molecule has 1 amide bonds. The highest BCUT2D eigenvalue weighted by atomic mass is 79.9.